The number of ether oxygens (including phenoxy) is 6. The molecule has 18 nitrogen and oxygen atoms in total. The molecule has 0 spiro atoms. The molecule has 0 radical (unpaired) electrons. The molecule has 3 saturated heterocycles. The van der Waals surface area contributed by atoms with Gasteiger partial charge in [0.1, 0.15) is 66.4 Å². The smallest absolute Gasteiger partial charge is 0.312 e. The van der Waals surface area contributed by atoms with E-state index in [-0.39, 0.29) is 47.2 Å². The largest absolute Gasteiger partial charge is 0.481 e. The number of carboxylic acids is 1. The van der Waals surface area contributed by atoms with E-state index in [4.69, 9.17) is 28.4 Å². The molecule has 4 saturated carbocycles. The topological polar surface area (TPSA) is 284 Å². The first kappa shape index (κ1) is 50.5. The zero-order chi connectivity index (χ0) is 48.3. The minimum absolute atomic E-state index is 0.0435. The standard InChI is InChI=1S/C48H77NO17/c1-22(50)49-32-36(57)35(56)27(21-63-41-38(34(55)26(52)20-62-41)66-40-37(58)33(54)25(51)19-61-40)64-39(32)65-31-12-13-45(6)28(44(31,4)5)11-14-46(7)29(45)10-9-23-24-17-43(2,3)15-16-48(24,42(59)60)30(53)18-47(23,46)8/h9,24-41,51-58H,10-21H2,1-8H3,(H,49,50)(H,59,60)/t24-,25-,26-,27+,28-,29+,30+,31-,32+,33-,34-,35+,36+,37+,38+,39-,40-,41-,45-,46+,47+,48+/m0/s1. The van der Waals surface area contributed by atoms with Gasteiger partial charge in [-0.05, 0) is 103 Å². The van der Waals surface area contributed by atoms with Gasteiger partial charge in [-0.15, -0.1) is 0 Å². The molecule has 7 fully saturated rings. The molecular formula is C48H77NO17. The number of aliphatic hydroxyl groups is 8. The minimum atomic E-state index is -1.71. The maximum Gasteiger partial charge on any atom is 0.312 e. The van der Waals surface area contributed by atoms with E-state index >= 15 is 0 Å². The second-order valence-electron chi connectivity index (χ2n) is 23.5. The lowest BCUT2D eigenvalue weighted by atomic mass is 9.33. The highest BCUT2D eigenvalue weighted by Gasteiger charge is 2.71. The summed E-state index contributed by atoms with van der Waals surface area (Å²) in [4.78, 5) is 25.7. The van der Waals surface area contributed by atoms with Crippen LogP contribution in [0.15, 0.2) is 11.6 Å². The van der Waals surface area contributed by atoms with E-state index in [0.29, 0.717) is 19.3 Å². The van der Waals surface area contributed by atoms with Gasteiger partial charge in [0.05, 0.1) is 32.0 Å². The van der Waals surface area contributed by atoms with Gasteiger partial charge < -0.3 is 79.7 Å². The van der Waals surface area contributed by atoms with Crippen molar-refractivity contribution in [1.82, 2.24) is 5.32 Å². The number of nitrogens with one attached hydrogen (secondary N) is 1. The number of aliphatic hydroxyl groups excluding tert-OH is 8. The summed E-state index contributed by atoms with van der Waals surface area (Å²) in [5.41, 5.74) is -1.25. The number of rotatable bonds is 9. The Kier molecular flexibility index (Phi) is 13.6. The predicted octanol–water partition coefficient (Wildman–Crippen LogP) is 1.10. The highest BCUT2D eigenvalue weighted by molar-refractivity contribution is 5.77. The zero-order valence-corrected chi connectivity index (χ0v) is 39.7. The van der Waals surface area contributed by atoms with E-state index < -0.39 is 127 Å². The van der Waals surface area contributed by atoms with Crippen molar-refractivity contribution < 1.29 is 84.0 Å². The van der Waals surface area contributed by atoms with Gasteiger partial charge in [0.25, 0.3) is 0 Å². The van der Waals surface area contributed by atoms with Gasteiger partial charge >= 0.3 is 5.97 Å². The number of hydrogen-bond donors (Lipinski definition) is 10. The molecule has 0 aromatic carbocycles. The number of amides is 1. The summed E-state index contributed by atoms with van der Waals surface area (Å²) in [6.45, 7) is 16.0. The molecule has 0 unspecified atom stereocenters. The summed E-state index contributed by atoms with van der Waals surface area (Å²) >= 11 is 0. The average Bonchev–Trinajstić information content (AvgIpc) is 3.23. The maximum absolute atomic E-state index is 13.2. The van der Waals surface area contributed by atoms with Crippen molar-refractivity contribution in [2.45, 2.75) is 205 Å². The summed E-state index contributed by atoms with van der Waals surface area (Å²) in [7, 11) is 0. The normalized spacial score (nSPS) is 52.1. The molecular weight excluding hydrogens is 863 g/mol. The molecule has 0 aromatic heterocycles. The molecule has 8 rings (SSSR count). The maximum atomic E-state index is 13.2. The van der Waals surface area contributed by atoms with Crippen LogP contribution in [0.25, 0.3) is 0 Å². The van der Waals surface area contributed by atoms with Gasteiger partial charge in [0.15, 0.2) is 18.9 Å². The summed E-state index contributed by atoms with van der Waals surface area (Å²) in [6, 6.07) is -1.17. The molecule has 3 aliphatic heterocycles. The lowest BCUT2D eigenvalue weighted by Gasteiger charge is -2.71. The van der Waals surface area contributed by atoms with Crippen LogP contribution >= 0.6 is 0 Å². The van der Waals surface area contributed by atoms with E-state index in [1.165, 1.54) is 12.5 Å². The molecule has 0 bridgehead atoms. The minimum Gasteiger partial charge on any atom is -0.481 e. The number of carbonyl (C=O) groups excluding carboxylic acids is 1. The van der Waals surface area contributed by atoms with Crippen molar-refractivity contribution in [2.24, 2.45) is 50.2 Å². The molecule has 18 heteroatoms. The fourth-order valence-electron chi connectivity index (χ4n) is 15.0. The third kappa shape index (κ3) is 8.02. The highest BCUT2D eigenvalue weighted by atomic mass is 16.8. The van der Waals surface area contributed by atoms with Crippen LogP contribution in [-0.2, 0) is 38.0 Å². The van der Waals surface area contributed by atoms with E-state index in [9.17, 15) is 55.5 Å². The molecule has 1 amide bonds. The van der Waals surface area contributed by atoms with Crippen LogP contribution < -0.4 is 5.32 Å². The van der Waals surface area contributed by atoms with Crippen LogP contribution in [0.1, 0.15) is 113 Å². The zero-order valence-electron chi connectivity index (χ0n) is 39.7. The second kappa shape index (κ2) is 17.8. The Balaban J connectivity index is 1.00. The number of carbonyl (C=O) groups is 2. The number of hydrogen-bond acceptors (Lipinski definition) is 16. The van der Waals surface area contributed by atoms with E-state index in [0.717, 1.165) is 38.5 Å². The molecule has 376 valence electrons. The van der Waals surface area contributed by atoms with Crippen molar-refractivity contribution in [3.63, 3.8) is 0 Å². The number of carboxylic acid groups (broad SMARTS) is 1. The Morgan fingerprint density at radius 1 is 0.742 bits per heavy atom. The average molecular weight is 940 g/mol. The van der Waals surface area contributed by atoms with Crippen LogP contribution in [0, 0.1) is 50.2 Å². The highest BCUT2D eigenvalue weighted by Crippen LogP contribution is 2.76. The molecule has 3 heterocycles. The van der Waals surface area contributed by atoms with Crippen LogP contribution in [0.4, 0.5) is 0 Å². The van der Waals surface area contributed by atoms with Gasteiger partial charge in [-0.3, -0.25) is 9.59 Å². The van der Waals surface area contributed by atoms with Gasteiger partial charge in [-0.25, -0.2) is 0 Å². The third-order valence-corrected chi connectivity index (χ3v) is 19.0. The second-order valence-corrected chi connectivity index (χ2v) is 23.5. The summed E-state index contributed by atoms with van der Waals surface area (Å²) in [5.74, 6) is -1.21. The third-order valence-electron chi connectivity index (χ3n) is 19.0. The van der Waals surface area contributed by atoms with Gasteiger partial charge in [0, 0.05) is 6.92 Å². The number of allylic oxidation sites excluding steroid dienone is 2. The molecule has 22 atom stereocenters. The summed E-state index contributed by atoms with van der Waals surface area (Å²) in [6.07, 6.45) is -10.5. The first-order valence-electron chi connectivity index (χ1n) is 24.2. The van der Waals surface area contributed by atoms with E-state index in [2.05, 4.69) is 59.9 Å². The Morgan fingerprint density at radius 2 is 1.41 bits per heavy atom. The molecule has 5 aliphatic carbocycles. The fourth-order valence-corrected chi connectivity index (χ4v) is 15.0. The van der Waals surface area contributed by atoms with E-state index in [1.54, 1.807) is 0 Å². The van der Waals surface area contributed by atoms with Crippen molar-refractivity contribution in [3.8, 4) is 0 Å². The van der Waals surface area contributed by atoms with Gasteiger partial charge in [-0.2, -0.15) is 0 Å². The van der Waals surface area contributed by atoms with Crippen molar-refractivity contribution in [3.05, 3.63) is 11.6 Å². The molecule has 10 N–H and O–H groups in total. The molecule has 66 heavy (non-hydrogen) atoms. The van der Waals surface area contributed by atoms with Crippen molar-refractivity contribution in [1.29, 1.82) is 0 Å². The Hall–Kier alpha value is -1.88. The summed E-state index contributed by atoms with van der Waals surface area (Å²) < 4.78 is 36.0. The van der Waals surface area contributed by atoms with Crippen molar-refractivity contribution in [2.75, 3.05) is 19.8 Å². The van der Waals surface area contributed by atoms with E-state index in [1.807, 2.05) is 0 Å². The fraction of sp³-hybridized carbons (Fsp3) is 0.917. The lowest BCUT2D eigenvalue weighted by molar-refractivity contribution is -0.352. The first-order chi connectivity index (χ1) is 30.7. The quantitative estimate of drug-likeness (QED) is 0.114. The van der Waals surface area contributed by atoms with Crippen LogP contribution in [-0.4, -0.2) is 170 Å². The van der Waals surface area contributed by atoms with Crippen LogP contribution in [0.3, 0.4) is 0 Å². The lowest BCUT2D eigenvalue weighted by Crippen LogP contribution is -2.68. The van der Waals surface area contributed by atoms with Crippen LogP contribution in [0.5, 0.6) is 0 Å². The van der Waals surface area contributed by atoms with Gasteiger partial charge in [0.2, 0.25) is 5.91 Å². The SMILES string of the molecule is CC(=O)N[C@H]1[C@H](O[C@H]2CC[C@]3(C)[C@H]4CC=C5[C@@H]6CC(C)(C)CC[C@]6(C(=O)O)[C@H](O)C[C@@]5(C)[C@]4(C)CC[C@H]3C2(C)C)O[C@H](CO[C@@H]2OC[C@H](O)[C@H](O)[C@H]2O[C@@H]2OC[C@H](O)[C@H](O)[C@H]2O)[C@@H](O)[C@@H]1O. The van der Waals surface area contributed by atoms with Gasteiger partial charge in [-0.1, -0.05) is 60.1 Å². The number of aliphatic carboxylic acids is 1. The Labute approximate surface area is 387 Å². The van der Waals surface area contributed by atoms with Crippen LogP contribution in [0.2, 0.25) is 0 Å². The Bertz CT molecular complexity index is 1850. The molecule has 8 aliphatic rings. The number of fused-ring (bicyclic) bond motifs is 7. The van der Waals surface area contributed by atoms with Crippen molar-refractivity contribution >= 4 is 11.9 Å². The summed E-state index contributed by atoms with van der Waals surface area (Å²) in [5, 5.41) is 100. The molecule has 0 aromatic rings. The Morgan fingerprint density at radius 3 is 2.08 bits per heavy atom. The predicted molar refractivity (Wildman–Crippen MR) is 232 cm³/mol. The first-order valence-corrected chi connectivity index (χ1v) is 24.2. The monoisotopic (exact) mass is 940 g/mol.